The molecule has 1 aromatic carbocycles. The third kappa shape index (κ3) is 4.39. The molecule has 0 spiro atoms. The molecule has 0 aliphatic carbocycles. The molecule has 0 radical (unpaired) electrons. The Hall–Kier alpha value is -3.29. The lowest BCUT2D eigenvalue weighted by atomic mass is 10.2. The standard InChI is InChI=1S/C7H6O5.C6H6N2O/c8-4-1-3(7(11)12)2-5(9)6(4)10;7-6(9)5-2-1-3-8-4-5/h1-2,8-10H,(H,11,12);1-4H,(H2,7,9). The summed E-state index contributed by atoms with van der Waals surface area (Å²) in [5.41, 5.74) is 5.09. The summed E-state index contributed by atoms with van der Waals surface area (Å²) in [4.78, 5) is 24.4. The molecule has 0 bridgehead atoms. The van der Waals surface area contributed by atoms with Crippen LogP contribution in [-0.2, 0) is 0 Å². The first-order chi connectivity index (χ1) is 9.82. The van der Waals surface area contributed by atoms with Gasteiger partial charge < -0.3 is 26.2 Å². The van der Waals surface area contributed by atoms with Crippen LogP contribution in [0.5, 0.6) is 17.2 Å². The van der Waals surface area contributed by atoms with Crippen molar-refractivity contribution < 1.29 is 30.0 Å². The predicted octanol–water partition coefficient (Wildman–Crippen LogP) is 0.682. The molecule has 1 heterocycles. The van der Waals surface area contributed by atoms with Crippen LogP contribution in [0.25, 0.3) is 0 Å². The van der Waals surface area contributed by atoms with E-state index in [1.54, 1.807) is 18.3 Å². The molecular weight excluding hydrogens is 280 g/mol. The summed E-state index contributed by atoms with van der Waals surface area (Å²) in [6, 6.07) is 4.98. The maximum absolute atomic E-state index is 10.4. The fraction of sp³-hybridized carbons (Fsp3) is 0. The van der Waals surface area contributed by atoms with Gasteiger partial charge in [0.2, 0.25) is 5.91 Å². The summed E-state index contributed by atoms with van der Waals surface area (Å²) in [5, 5.41) is 35.0. The highest BCUT2D eigenvalue weighted by atomic mass is 16.4. The summed E-state index contributed by atoms with van der Waals surface area (Å²) in [5.74, 6) is -3.77. The zero-order chi connectivity index (χ0) is 16.0. The zero-order valence-corrected chi connectivity index (χ0v) is 10.6. The maximum atomic E-state index is 10.4. The second-order valence-corrected chi connectivity index (χ2v) is 3.77. The monoisotopic (exact) mass is 292 g/mol. The first kappa shape index (κ1) is 15.8. The molecule has 110 valence electrons. The van der Waals surface area contributed by atoms with Crippen molar-refractivity contribution in [3.63, 3.8) is 0 Å². The van der Waals surface area contributed by atoms with Gasteiger partial charge in [0.05, 0.1) is 11.1 Å². The van der Waals surface area contributed by atoms with E-state index in [-0.39, 0.29) is 5.56 Å². The van der Waals surface area contributed by atoms with Crippen LogP contribution in [0.1, 0.15) is 20.7 Å². The van der Waals surface area contributed by atoms with Gasteiger partial charge in [0.25, 0.3) is 0 Å². The number of carbonyl (C=O) groups is 2. The molecule has 0 fully saturated rings. The van der Waals surface area contributed by atoms with Crippen molar-refractivity contribution in [3.05, 3.63) is 47.8 Å². The van der Waals surface area contributed by atoms with Crippen molar-refractivity contribution >= 4 is 11.9 Å². The van der Waals surface area contributed by atoms with Gasteiger partial charge in [-0.3, -0.25) is 9.78 Å². The normalized spacial score (nSPS) is 9.33. The molecule has 0 unspecified atom stereocenters. The molecule has 0 saturated carbocycles. The van der Waals surface area contributed by atoms with E-state index in [0.29, 0.717) is 5.56 Å². The topological polar surface area (TPSA) is 154 Å². The number of aromatic hydroxyl groups is 3. The quantitative estimate of drug-likeness (QED) is 0.510. The molecular formula is C13H12N2O6. The van der Waals surface area contributed by atoms with E-state index in [4.69, 9.17) is 26.2 Å². The number of nitrogens with two attached hydrogens (primary N) is 1. The summed E-state index contributed by atoms with van der Waals surface area (Å²) < 4.78 is 0. The highest BCUT2D eigenvalue weighted by Gasteiger charge is 2.11. The number of pyridine rings is 1. The lowest BCUT2D eigenvalue weighted by Crippen LogP contribution is -2.10. The highest BCUT2D eigenvalue weighted by Crippen LogP contribution is 2.35. The zero-order valence-electron chi connectivity index (χ0n) is 10.6. The van der Waals surface area contributed by atoms with Crippen LogP contribution in [0.2, 0.25) is 0 Å². The molecule has 6 N–H and O–H groups in total. The molecule has 0 atom stereocenters. The molecule has 8 nitrogen and oxygen atoms in total. The number of aromatic carboxylic acids is 1. The molecule has 0 aliphatic rings. The highest BCUT2D eigenvalue weighted by molar-refractivity contribution is 5.92. The SMILES string of the molecule is NC(=O)c1cccnc1.O=C(O)c1cc(O)c(O)c(O)c1. The number of hydrogen-bond acceptors (Lipinski definition) is 6. The van der Waals surface area contributed by atoms with Crippen LogP contribution in [0.4, 0.5) is 0 Å². The van der Waals surface area contributed by atoms with Crippen molar-refractivity contribution in [2.45, 2.75) is 0 Å². The molecule has 2 rings (SSSR count). The van der Waals surface area contributed by atoms with E-state index in [9.17, 15) is 9.59 Å². The Morgan fingerprint density at radius 1 is 1.05 bits per heavy atom. The lowest BCUT2D eigenvalue weighted by molar-refractivity contribution is 0.0695. The number of amides is 1. The number of carboxylic acids is 1. The first-order valence-corrected chi connectivity index (χ1v) is 5.51. The Balaban J connectivity index is 0.000000219. The Morgan fingerprint density at radius 3 is 1.95 bits per heavy atom. The van der Waals surface area contributed by atoms with Crippen molar-refractivity contribution in [2.24, 2.45) is 5.73 Å². The van der Waals surface area contributed by atoms with E-state index in [1.807, 2.05) is 0 Å². The molecule has 1 amide bonds. The van der Waals surface area contributed by atoms with Gasteiger partial charge in [0, 0.05) is 12.4 Å². The third-order valence-electron chi connectivity index (χ3n) is 2.26. The minimum atomic E-state index is -1.29. The summed E-state index contributed by atoms with van der Waals surface area (Å²) in [6.07, 6.45) is 3.02. The molecule has 1 aromatic heterocycles. The number of carbonyl (C=O) groups excluding carboxylic acids is 1. The number of rotatable bonds is 2. The van der Waals surface area contributed by atoms with Gasteiger partial charge in [-0.25, -0.2) is 4.79 Å². The van der Waals surface area contributed by atoms with E-state index in [1.165, 1.54) is 6.20 Å². The summed E-state index contributed by atoms with van der Waals surface area (Å²) in [7, 11) is 0. The number of nitrogens with zero attached hydrogens (tertiary/aromatic N) is 1. The number of phenols is 3. The van der Waals surface area contributed by atoms with Crippen molar-refractivity contribution in [2.75, 3.05) is 0 Å². The number of aromatic nitrogens is 1. The summed E-state index contributed by atoms with van der Waals surface area (Å²) in [6.45, 7) is 0. The van der Waals surface area contributed by atoms with Crippen molar-refractivity contribution in [3.8, 4) is 17.2 Å². The molecule has 2 aromatic rings. The van der Waals surface area contributed by atoms with E-state index in [2.05, 4.69) is 4.98 Å². The second-order valence-electron chi connectivity index (χ2n) is 3.77. The molecule has 21 heavy (non-hydrogen) atoms. The van der Waals surface area contributed by atoms with Crippen molar-refractivity contribution in [1.29, 1.82) is 0 Å². The Morgan fingerprint density at radius 2 is 1.62 bits per heavy atom. The second kappa shape index (κ2) is 6.75. The fourth-order valence-corrected chi connectivity index (χ4v) is 1.24. The number of carboxylic acid groups (broad SMARTS) is 1. The van der Waals surface area contributed by atoms with E-state index in [0.717, 1.165) is 12.1 Å². The summed E-state index contributed by atoms with van der Waals surface area (Å²) >= 11 is 0. The lowest BCUT2D eigenvalue weighted by Gasteiger charge is -2.01. The average Bonchev–Trinajstić information content (AvgIpc) is 2.45. The largest absolute Gasteiger partial charge is 0.504 e. The van der Waals surface area contributed by atoms with Gasteiger partial charge >= 0.3 is 5.97 Å². The molecule has 0 saturated heterocycles. The number of phenolic OH excluding ortho intramolecular Hbond substituents is 3. The Bertz CT molecular complexity index is 634. The van der Waals surface area contributed by atoms with Crippen LogP contribution < -0.4 is 5.73 Å². The molecule has 8 heteroatoms. The molecule has 0 aliphatic heterocycles. The Labute approximate surface area is 118 Å². The van der Waals surface area contributed by atoms with Gasteiger partial charge in [-0.15, -0.1) is 0 Å². The van der Waals surface area contributed by atoms with E-state index < -0.39 is 29.1 Å². The van der Waals surface area contributed by atoms with Crippen LogP contribution in [0.15, 0.2) is 36.7 Å². The van der Waals surface area contributed by atoms with Crippen molar-refractivity contribution in [1.82, 2.24) is 4.98 Å². The first-order valence-electron chi connectivity index (χ1n) is 5.51. The fourth-order valence-electron chi connectivity index (χ4n) is 1.24. The van der Waals surface area contributed by atoms with Gasteiger partial charge in [-0.1, -0.05) is 0 Å². The third-order valence-corrected chi connectivity index (χ3v) is 2.26. The minimum Gasteiger partial charge on any atom is -0.504 e. The maximum Gasteiger partial charge on any atom is 0.335 e. The van der Waals surface area contributed by atoms with Gasteiger partial charge in [0.15, 0.2) is 17.2 Å². The van der Waals surface area contributed by atoms with Gasteiger partial charge in [-0.2, -0.15) is 0 Å². The number of benzene rings is 1. The van der Waals surface area contributed by atoms with Crippen LogP contribution in [-0.4, -0.2) is 37.3 Å². The number of primary amides is 1. The van der Waals surface area contributed by atoms with Crippen LogP contribution >= 0.6 is 0 Å². The van der Waals surface area contributed by atoms with Gasteiger partial charge in [0.1, 0.15) is 0 Å². The smallest absolute Gasteiger partial charge is 0.335 e. The van der Waals surface area contributed by atoms with Gasteiger partial charge in [-0.05, 0) is 24.3 Å². The number of hydrogen-bond donors (Lipinski definition) is 5. The Kier molecular flexibility index (Phi) is 5.07. The van der Waals surface area contributed by atoms with E-state index >= 15 is 0 Å². The van der Waals surface area contributed by atoms with Crippen LogP contribution in [0.3, 0.4) is 0 Å². The van der Waals surface area contributed by atoms with Crippen LogP contribution in [0, 0.1) is 0 Å². The minimum absolute atomic E-state index is 0.289. The average molecular weight is 292 g/mol. The predicted molar refractivity (Wildman–Crippen MR) is 71.2 cm³/mol.